The van der Waals surface area contributed by atoms with Gasteiger partial charge in [0.2, 0.25) is 11.8 Å². The summed E-state index contributed by atoms with van der Waals surface area (Å²) in [5.41, 5.74) is 2.30. The molecule has 3 amide bonds. The molecule has 0 fully saturated rings. The molecule has 1 heterocycles. The lowest BCUT2D eigenvalue weighted by molar-refractivity contribution is -0.139. The number of nitrogens with zero attached hydrogens (tertiary/aromatic N) is 3. The number of amides is 3. The minimum Gasteiger partial charge on any atom is -0.356 e. The fourth-order valence-electron chi connectivity index (χ4n) is 4.53. The molecule has 188 valence electrons. The number of rotatable bonds is 11. The van der Waals surface area contributed by atoms with E-state index in [1.807, 2.05) is 83.9 Å². The summed E-state index contributed by atoms with van der Waals surface area (Å²) >= 11 is 0. The first-order chi connectivity index (χ1) is 16.0. The lowest BCUT2D eigenvalue weighted by atomic mass is 9.87. The molecule has 7 nitrogen and oxygen atoms in total. The highest BCUT2D eigenvalue weighted by Gasteiger charge is 2.38. The van der Waals surface area contributed by atoms with Crippen LogP contribution in [-0.4, -0.2) is 71.7 Å². The molecule has 0 saturated carbocycles. The monoisotopic (exact) mass is 470 g/mol. The van der Waals surface area contributed by atoms with Gasteiger partial charge in [-0.25, -0.2) is 0 Å². The summed E-state index contributed by atoms with van der Waals surface area (Å²) in [6, 6.07) is 9.82. The van der Waals surface area contributed by atoms with E-state index < -0.39 is 5.92 Å². The minimum atomic E-state index is -0.554. The second-order valence-electron chi connectivity index (χ2n) is 9.99. The third-order valence-electron chi connectivity index (χ3n) is 6.23. The zero-order valence-electron chi connectivity index (χ0n) is 21.9. The fourth-order valence-corrected chi connectivity index (χ4v) is 4.53. The molecule has 0 aliphatic carbocycles. The van der Waals surface area contributed by atoms with Crippen LogP contribution in [-0.2, 0) is 20.9 Å². The Morgan fingerprint density at radius 3 is 2.26 bits per heavy atom. The molecule has 1 unspecified atom stereocenters. The molecule has 1 N–H and O–H groups in total. The van der Waals surface area contributed by atoms with E-state index in [-0.39, 0.29) is 42.6 Å². The Labute approximate surface area is 205 Å². The Kier molecular flexibility index (Phi) is 10.3. The summed E-state index contributed by atoms with van der Waals surface area (Å²) in [5.74, 6) is -0.847. The van der Waals surface area contributed by atoms with Crippen molar-refractivity contribution in [1.82, 2.24) is 20.0 Å². The third kappa shape index (κ3) is 7.42. The van der Waals surface area contributed by atoms with E-state index in [1.54, 1.807) is 4.90 Å². The van der Waals surface area contributed by atoms with Crippen molar-refractivity contribution in [3.8, 4) is 0 Å². The van der Waals surface area contributed by atoms with Crippen molar-refractivity contribution in [2.75, 3.05) is 27.2 Å². The third-order valence-corrected chi connectivity index (χ3v) is 6.23. The predicted octanol–water partition coefficient (Wildman–Crippen LogP) is 3.41. The van der Waals surface area contributed by atoms with Crippen molar-refractivity contribution in [2.24, 2.45) is 5.92 Å². The zero-order valence-corrected chi connectivity index (χ0v) is 21.9. The van der Waals surface area contributed by atoms with Gasteiger partial charge in [0.1, 0.15) is 0 Å². The molecule has 2 rings (SSSR count). The van der Waals surface area contributed by atoms with Crippen LogP contribution in [0.5, 0.6) is 0 Å². The molecule has 1 aliphatic rings. The first kappa shape index (κ1) is 27.6. The number of nitrogens with one attached hydrogen (secondary N) is 1. The van der Waals surface area contributed by atoms with E-state index >= 15 is 0 Å². The lowest BCUT2D eigenvalue weighted by Gasteiger charge is -2.38. The molecule has 1 aliphatic heterocycles. The Morgan fingerprint density at radius 2 is 1.71 bits per heavy atom. The maximum Gasteiger partial charge on any atom is 0.252 e. The predicted molar refractivity (Wildman–Crippen MR) is 136 cm³/mol. The topological polar surface area (TPSA) is 73.0 Å². The van der Waals surface area contributed by atoms with Gasteiger partial charge in [-0.15, -0.1) is 0 Å². The van der Waals surface area contributed by atoms with E-state index in [0.717, 1.165) is 18.5 Å². The highest BCUT2D eigenvalue weighted by molar-refractivity contribution is 5.98. The molecule has 0 bridgehead atoms. The van der Waals surface area contributed by atoms with Crippen LogP contribution >= 0.6 is 0 Å². The van der Waals surface area contributed by atoms with Crippen molar-refractivity contribution in [1.29, 1.82) is 0 Å². The Morgan fingerprint density at radius 1 is 1.09 bits per heavy atom. The standard InChI is InChI=1S/C27H42N4O3/c1-19(2)31(20(3)4)27(34)24-16-23(17-25(32)28-14-11-15-29(6)7)26(33)30(21(24)5)18-22-12-9-8-10-13-22/h8-10,12-13,19-20,23H,11,14-18H2,1-7H3,(H,28,32). The largest absolute Gasteiger partial charge is 0.356 e. The van der Waals surface area contributed by atoms with E-state index in [1.165, 1.54) is 0 Å². The van der Waals surface area contributed by atoms with Crippen LogP contribution in [0.15, 0.2) is 41.6 Å². The van der Waals surface area contributed by atoms with Gasteiger partial charge in [-0.2, -0.15) is 0 Å². The Hall–Kier alpha value is -2.67. The van der Waals surface area contributed by atoms with E-state index in [9.17, 15) is 14.4 Å². The molecule has 1 aromatic carbocycles. The molecule has 1 aromatic rings. The maximum absolute atomic E-state index is 13.6. The van der Waals surface area contributed by atoms with Crippen LogP contribution in [0.4, 0.5) is 0 Å². The number of allylic oxidation sites excluding steroid dienone is 1. The summed E-state index contributed by atoms with van der Waals surface area (Å²) in [6.07, 6.45) is 1.22. The lowest BCUT2D eigenvalue weighted by Crippen LogP contribution is -2.47. The number of hydrogen-bond donors (Lipinski definition) is 1. The summed E-state index contributed by atoms with van der Waals surface area (Å²) in [5, 5.41) is 2.94. The highest BCUT2D eigenvalue weighted by Crippen LogP contribution is 2.32. The first-order valence-corrected chi connectivity index (χ1v) is 12.3. The van der Waals surface area contributed by atoms with Crippen LogP contribution in [0.25, 0.3) is 0 Å². The summed E-state index contributed by atoms with van der Waals surface area (Å²) in [7, 11) is 3.99. The van der Waals surface area contributed by atoms with Crippen LogP contribution in [0, 0.1) is 5.92 Å². The summed E-state index contributed by atoms with van der Waals surface area (Å²) < 4.78 is 0. The van der Waals surface area contributed by atoms with Crippen molar-refractivity contribution in [2.45, 2.75) is 72.5 Å². The van der Waals surface area contributed by atoms with Crippen LogP contribution in [0.1, 0.15) is 59.4 Å². The van der Waals surface area contributed by atoms with Crippen molar-refractivity contribution in [3.63, 3.8) is 0 Å². The molecule has 34 heavy (non-hydrogen) atoms. The van der Waals surface area contributed by atoms with Crippen molar-refractivity contribution < 1.29 is 14.4 Å². The van der Waals surface area contributed by atoms with Crippen LogP contribution in [0.3, 0.4) is 0 Å². The number of carbonyl (C=O) groups is 3. The van der Waals surface area contributed by atoms with E-state index in [2.05, 4.69) is 10.2 Å². The smallest absolute Gasteiger partial charge is 0.252 e. The normalized spacial score (nSPS) is 16.6. The molecule has 7 heteroatoms. The zero-order chi connectivity index (χ0) is 25.4. The van der Waals surface area contributed by atoms with Gasteiger partial charge >= 0.3 is 0 Å². The molecule has 1 atom stereocenters. The molecule has 0 aromatic heterocycles. The minimum absolute atomic E-state index is 0.0337. The van der Waals surface area contributed by atoms with Gasteiger partial charge in [0.25, 0.3) is 5.91 Å². The molecular formula is C27H42N4O3. The van der Waals surface area contributed by atoms with Crippen molar-refractivity contribution in [3.05, 3.63) is 47.2 Å². The number of benzene rings is 1. The number of carbonyl (C=O) groups excluding carboxylic acids is 3. The SMILES string of the molecule is CC1=C(C(=O)N(C(C)C)C(C)C)CC(CC(=O)NCCCN(C)C)C(=O)N1Cc1ccccc1. The maximum atomic E-state index is 13.6. The van der Waals surface area contributed by atoms with E-state index in [0.29, 0.717) is 24.4 Å². The van der Waals surface area contributed by atoms with Crippen LogP contribution in [0.2, 0.25) is 0 Å². The van der Waals surface area contributed by atoms with Gasteiger partial charge in [0.15, 0.2) is 0 Å². The highest BCUT2D eigenvalue weighted by atomic mass is 16.2. The summed E-state index contributed by atoms with van der Waals surface area (Å²) in [6.45, 7) is 11.7. The van der Waals surface area contributed by atoms with Gasteiger partial charge < -0.3 is 20.0 Å². The van der Waals surface area contributed by atoms with Gasteiger partial charge in [0.05, 0.1) is 12.5 Å². The second-order valence-corrected chi connectivity index (χ2v) is 9.99. The van der Waals surface area contributed by atoms with Gasteiger partial charge in [-0.05, 0) is 73.7 Å². The van der Waals surface area contributed by atoms with Gasteiger partial charge in [-0.3, -0.25) is 14.4 Å². The quantitative estimate of drug-likeness (QED) is 0.503. The van der Waals surface area contributed by atoms with Gasteiger partial charge in [0, 0.05) is 36.3 Å². The Balaban J connectivity index is 2.28. The van der Waals surface area contributed by atoms with Crippen molar-refractivity contribution >= 4 is 17.7 Å². The van der Waals surface area contributed by atoms with E-state index in [4.69, 9.17) is 0 Å². The summed E-state index contributed by atoms with van der Waals surface area (Å²) in [4.78, 5) is 45.4. The molecule has 0 spiro atoms. The van der Waals surface area contributed by atoms with Gasteiger partial charge in [-0.1, -0.05) is 30.3 Å². The average molecular weight is 471 g/mol. The molecular weight excluding hydrogens is 428 g/mol. The number of hydrogen-bond acceptors (Lipinski definition) is 4. The average Bonchev–Trinajstić information content (AvgIpc) is 2.76. The van der Waals surface area contributed by atoms with Crippen LogP contribution < -0.4 is 5.32 Å². The first-order valence-electron chi connectivity index (χ1n) is 12.3. The fraction of sp³-hybridized carbons (Fsp3) is 0.593. The molecule has 0 radical (unpaired) electrons. The molecule has 0 saturated heterocycles. The Bertz CT molecular complexity index is 869. The second kappa shape index (κ2) is 12.7.